The normalized spacial score (nSPS) is 11.8. The fraction of sp³-hybridized carbons (Fsp3) is 0.115. The molecule has 3 aromatic carbocycles. The molecule has 5 rings (SSSR count). The highest BCUT2D eigenvalue weighted by Crippen LogP contribution is 2.40. The second-order valence-electron chi connectivity index (χ2n) is 7.59. The van der Waals surface area contributed by atoms with Crippen LogP contribution in [0.15, 0.2) is 83.9 Å². The van der Waals surface area contributed by atoms with Crippen LogP contribution >= 0.6 is 11.8 Å². The van der Waals surface area contributed by atoms with Gasteiger partial charge in [-0.05, 0) is 30.7 Å². The lowest BCUT2D eigenvalue weighted by molar-refractivity contribution is -0.113. The van der Waals surface area contributed by atoms with Crippen LogP contribution in [-0.2, 0) is 11.2 Å². The molecule has 4 aromatic rings. The molecule has 2 heterocycles. The zero-order chi connectivity index (χ0) is 21.9. The molecule has 0 saturated carbocycles. The van der Waals surface area contributed by atoms with E-state index in [0.29, 0.717) is 18.1 Å². The molecule has 5 nitrogen and oxygen atoms in total. The topological polar surface area (TPSA) is 64.1 Å². The number of carbonyl (C=O) groups excluding carboxylic acids is 1. The maximum absolute atomic E-state index is 12.6. The minimum Gasteiger partial charge on any atom is -0.438 e. The number of hydrogen-bond donors (Lipinski definition) is 1. The maximum Gasteiger partial charge on any atom is 0.234 e. The summed E-state index contributed by atoms with van der Waals surface area (Å²) in [4.78, 5) is 22.1. The molecule has 1 aliphatic rings. The lowest BCUT2D eigenvalue weighted by atomic mass is 10.0. The highest BCUT2D eigenvalue weighted by atomic mass is 32.2. The van der Waals surface area contributed by atoms with E-state index in [4.69, 9.17) is 14.7 Å². The Morgan fingerprint density at radius 3 is 2.53 bits per heavy atom. The van der Waals surface area contributed by atoms with Gasteiger partial charge in [-0.15, -0.1) is 0 Å². The van der Waals surface area contributed by atoms with Crippen LogP contribution in [0, 0.1) is 6.92 Å². The lowest BCUT2D eigenvalue weighted by Gasteiger charge is -2.21. The van der Waals surface area contributed by atoms with Crippen molar-refractivity contribution in [1.29, 1.82) is 0 Å². The van der Waals surface area contributed by atoms with E-state index in [-0.39, 0.29) is 11.7 Å². The summed E-state index contributed by atoms with van der Waals surface area (Å²) in [5.74, 6) is 2.12. The van der Waals surface area contributed by atoms with Crippen molar-refractivity contribution in [2.75, 3.05) is 11.1 Å². The van der Waals surface area contributed by atoms with E-state index in [1.165, 1.54) is 11.8 Å². The highest BCUT2D eigenvalue weighted by molar-refractivity contribution is 8.00. The van der Waals surface area contributed by atoms with Crippen molar-refractivity contribution >= 4 is 23.4 Å². The number of nitrogens with one attached hydrogen (secondary N) is 1. The van der Waals surface area contributed by atoms with E-state index in [9.17, 15) is 4.79 Å². The Hall–Kier alpha value is -3.64. The van der Waals surface area contributed by atoms with Gasteiger partial charge < -0.3 is 10.1 Å². The van der Waals surface area contributed by atoms with E-state index in [2.05, 4.69) is 5.32 Å². The number of thioether (sulfide) groups is 1. The van der Waals surface area contributed by atoms with Crippen LogP contribution in [0.4, 0.5) is 5.69 Å². The Balaban J connectivity index is 1.42. The Kier molecular flexibility index (Phi) is 5.60. The number of aromatic nitrogens is 2. The van der Waals surface area contributed by atoms with Crippen LogP contribution in [0.3, 0.4) is 0 Å². The van der Waals surface area contributed by atoms with E-state index >= 15 is 0 Å². The van der Waals surface area contributed by atoms with Gasteiger partial charge in [0.1, 0.15) is 10.8 Å². The second kappa shape index (κ2) is 8.85. The van der Waals surface area contributed by atoms with Gasteiger partial charge in [-0.25, -0.2) is 4.98 Å². The number of rotatable bonds is 5. The van der Waals surface area contributed by atoms with Crippen molar-refractivity contribution < 1.29 is 9.53 Å². The van der Waals surface area contributed by atoms with Crippen molar-refractivity contribution in [3.05, 3.63) is 95.6 Å². The molecule has 0 radical (unpaired) electrons. The van der Waals surface area contributed by atoms with Crippen molar-refractivity contribution in [2.45, 2.75) is 18.4 Å². The molecular formula is C26H21N3O2S. The number of nitrogens with zero attached hydrogens (tertiary/aromatic N) is 2. The molecule has 0 atom stereocenters. The molecule has 1 aromatic heterocycles. The summed E-state index contributed by atoms with van der Waals surface area (Å²) in [6, 6.07) is 25.5. The largest absolute Gasteiger partial charge is 0.438 e. The molecule has 0 saturated heterocycles. The summed E-state index contributed by atoms with van der Waals surface area (Å²) >= 11 is 1.41. The number of fused-ring (bicyclic) bond motifs is 2. The Labute approximate surface area is 190 Å². The molecule has 32 heavy (non-hydrogen) atoms. The quantitative estimate of drug-likeness (QED) is 0.274. The first-order valence-corrected chi connectivity index (χ1v) is 11.4. The minimum atomic E-state index is -0.0791. The Morgan fingerprint density at radius 2 is 1.72 bits per heavy atom. The van der Waals surface area contributed by atoms with Crippen molar-refractivity contribution in [2.24, 2.45) is 0 Å². The molecule has 158 valence electrons. The monoisotopic (exact) mass is 439 g/mol. The number of benzene rings is 3. The number of aryl methyl sites for hydroxylation is 1. The summed E-state index contributed by atoms with van der Waals surface area (Å²) in [5, 5.41) is 3.71. The highest BCUT2D eigenvalue weighted by Gasteiger charge is 2.24. The first kappa shape index (κ1) is 20.3. The van der Waals surface area contributed by atoms with E-state index in [1.807, 2.05) is 85.8 Å². The fourth-order valence-electron chi connectivity index (χ4n) is 3.53. The number of hydrogen-bond acceptors (Lipinski definition) is 5. The predicted molar refractivity (Wildman–Crippen MR) is 127 cm³/mol. The van der Waals surface area contributed by atoms with Crippen molar-refractivity contribution in [3.63, 3.8) is 0 Å². The van der Waals surface area contributed by atoms with Crippen LogP contribution in [0.25, 0.3) is 11.4 Å². The van der Waals surface area contributed by atoms with Crippen LogP contribution in [0.1, 0.15) is 16.7 Å². The van der Waals surface area contributed by atoms with E-state index < -0.39 is 0 Å². The summed E-state index contributed by atoms with van der Waals surface area (Å²) in [7, 11) is 0. The Morgan fingerprint density at radius 1 is 0.969 bits per heavy atom. The number of amides is 1. The standard InChI is InChI=1S/C26H21N3O2S/c1-17-11-13-20(14-12-17)27-23(30)16-32-26-21-15-19-9-5-6-10-22(19)31-25(21)28-24(29-26)18-7-3-2-4-8-18/h2-14H,15-16H2,1H3,(H,27,30). The van der Waals surface area contributed by atoms with E-state index in [0.717, 1.165) is 38.7 Å². The second-order valence-corrected chi connectivity index (χ2v) is 8.56. The maximum atomic E-state index is 12.6. The molecule has 0 fully saturated rings. The van der Waals surface area contributed by atoms with Gasteiger partial charge >= 0.3 is 0 Å². The van der Waals surface area contributed by atoms with E-state index in [1.54, 1.807) is 0 Å². The van der Waals surface area contributed by atoms with Crippen LogP contribution in [0.2, 0.25) is 0 Å². The minimum absolute atomic E-state index is 0.0791. The van der Waals surface area contributed by atoms with Gasteiger partial charge in [-0.2, -0.15) is 4.98 Å². The number of para-hydroxylation sites is 1. The summed E-state index contributed by atoms with van der Waals surface area (Å²) in [6.07, 6.45) is 0.669. The molecule has 1 aliphatic heterocycles. The molecule has 0 unspecified atom stereocenters. The average Bonchev–Trinajstić information content (AvgIpc) is 2.83. The first-order valence-electron chi connectivity index (χ1n) is 10.4. The van der Waals surface area contributed by atoms with Crippen LogP contribution in [-0.4, -0.2) is 21.6 Å². The summed E-state index contributed by atoms with van der Waals surface area (Å²) < 4.78 is 6.13. The zero-order valence-corrected chi connectivity index (χ0v) is 18.4. The molecule has 0 spiro atoms. The third-order valence-corrected chi connectivity index (χ3v) is 6.20. The molecular weight excluding hydrogens is 418 g/mol. The fourth-order valence-corrected chi connectivity index (χ4v) is 4.35. The number of anilines is 1. The Bertz CT molecular complexity index is 1270. The molecule has 1 N–H and O–H groups in total. The molecule has 0 bridgehead atoms. The third-order valence-electron chi connectivity index (χ3n) is 5.18. The molecule has 0 aliphatic carbocycles. The third kappa shape index (κ3) is 4.36. The summed E-state index contributed by atoms with van der Waals surface area (Å²) in [6.45, 7) is 2.02. The SMILES string of the molecule is Cc1ccc(NC(=O)CSc2nc(-c3ccccc3)nc3c2Cc2ccccc2O3)cc1. The van der Waals surface area contributed by atoms with Gasteiger partial charge in [0.25, 0.3) is 0 Å². The van der Waals surface area contributed by atoms with Gasteiger partial charge in [0, 0.05) is 17.7 Å². The zero-order valence-electron chi connectivity index (χ0n) is 17.5. The number of ether oxygens (including phenoxy) is 1. The van der Waals surface area contributed by atoms with Gasteiger partial charge in [-0.1, -0.05) is 78.0 Å². The van der Waals surface area contributed by atoms with Crippen molar-refractivity contribution in [1.82, 2.24) is 9.97 Å². The van der Waals surface area contributed by atoms with Crippen molar-refractivity contribution in [3.8, 4) is 23.0 Å². The lowest BCUT2D eigenvalue weighted by Crippen LogP contribution is -2.15. The smallest absolute Gasteiger partial charge is 0.234 e. The average molecular weight is 440 g/mol. The van der Waals surface area contributed by atoms with Gasteiger partial charge in [0.15, 0.2) is 5.82 Å². The molecule has 1 amide bonds. The van der Waals surface area contributed by atoms with Gasteiger partial charge in [0.05, 0.1) is 11.3 Å². The van der Waals surface area contributed by atoms with Crippen LogP contribution in [0.5, 0.6) is 11.6 Å². The predicted octanol–water partition coefficient (Wildman–Crippen LogP) is 5.88. The molecule has 6 heteroatoms. The van der Waals surface area contributed by atoms with Gasteiger partial charge in [-0.3, -0.25) is 4.79 Å². The van der Waals surface area contributed by atoms with Gasteiger partial charge in [0.2, 0.25) is 11.8 Å². The van der Waals surface area contributed by atoms with Crippen LogP contribution < -0.4 is 10.1 Å². The number of carbonyl (C=O) groups is 1. The first-order chi connectivity index (χ1) is 15.7. The summed E-state index contributed by atoms with van der Waals surface area (Å²) in [5.41, 5.74) is 4.84.